The highest BCUT2D eigenvalue weighted by atomic mass is 28.3. The zero-order valence-corrected chi connectivity index (χ0v) is 20.9. The second kappa shape index (κ2) is 12.4. The number of hydrogen-bond donors (Lipinski definition) is 0. The summed E-state index contributed by atoms with van der Waals surface area (Å²) in [4.78, 5) is 13.3. The fraction of sp³-hybridized carbons (Fsp3) is 0.680. The van der Waals surface area contributed by atoms with Crippen LogP contribution in [0.2, 0.25) is 16.6 Å². The van der Waals surface area contributed by atoms with Gasteiger partial charge in [-0.05, 0) is 61.1 Å². The van der Waals surface area contributed by atoms with Crippen LogP contribution >= 0.6 is 0 Å². The summed E-state index contributed by atoms with van der Waals surface area (Å²) in [7, 11) is -0.0847. The fourth-order valence-electron chi connectivity index (χ4n) is 3.66. The molecule has 0 aliphatic rings. The third-order valence-corrected chi connectivity index (χ3v) is 12.1. The van der Waals surface area contributed by atoms with Gasteiger partial charge in [0.15, 0.2) is 0 Å². The van der Waals surface area contributed by atoms with Crippen LogP contribution in [0.15, 0.2) is 0 Å². The molecule has 0 saturated heterocycles. The van der Waals surface area contributed by atoms with Crippen molar-refractivity contribution in [2.24, 2.45) is 0 Å². The van der Waals surface area contributed by atoms with Crippen molar-refractivity contribution in [1.82, 2.24) is 4.90 Å². The van der Waals surface area contributed by atoms with Crippen LogP contribution in [0.25, 0.3) is 0 Å². The van der Waals surface area contributed by atoms with Crippen LogP contribution in [0.5, 0.6) is 0 Å². The summed E-state index contributed by atoms with van der Waals surface area (Å²) in [5.74, 6) is 14.6. The van der Waals surface area contributed by atoms with E-state index in [2.05, 4.69) is 82.8 Å². The van der Waals surface area contributed by atoms with E-state index in [1.807, 2.05) is 0 Å². The Morgan fingerprint density at radius 1 is 0.931 bits per heavy atom. The number of carbonyl (C=O) groups excluding carboxylic acids is 1. The molecule has 0 aromatic rings. The van der Waals surface area contributed by atoms with Crippen LogP contribution < -0.4 is 0 Å². The summed E-state index contributed by atoms with van der Waals surface area (Å²) in [6.07, 6.45) is 3.30. The molecule has 4 heteroatoms. The largest absolute Gasteiger partial charge is 0.317 e. The Kier molecular flexibility index (Phi) is 11.5. The molecule has 0 fully saturated rings. The molecule has 0 saturated carbocycles. The van der Waals surface area contributed by atoms with Gasteiger partial charge in [-0.25, -0.2) is 0 Å². The van der Waals surface area contributed by atoms with Gasteiger partial charge in [0, 0.05) is 19.9 Å². The van der Waals surface area contributed by atoms with Crippen molar-refractivity contribution in [1.29, 1.82) is 5.26 Å². The van der Waals surface area contributed by atoms with E-state index >= 15 is 0 Å². The molecule has 29 heavy (non-hydrogen) atoms. The summed E-state index contributed by atoms with van der Waals surface area (Å²) < 4.78 is 0. The van der Waals surface area contributed by atoms with Gasteiger partial charge in [0.05, 0.1) is 6.07 Å². The molecule has 0 rings (SSSR count). The number of hydrogen-bond acceptors (Lipinski definition) is 2. The van der Waals surface area contributed by atoms with Crippen LogP contribution in [0.1, 0.15) is 81.1 Å². The first kappa shape index (κ1) is 26.9. The number of carbonyl (C=O) groups is 1. The van der Waals surface area contributed by atoms with E-state index < -0.39 is 13.6 Å². The summed E-state index contributed by atoms with van der Waals surface area (Å²) in [6, 6.07) is 2.10. The average Bonchev–Trinajstić information content (AvgIpc) is 2.64. The Balaban J connectivity index is 4.57. The van der Waals surface area contributed by atoms with Gasteiger partial charge < -0.3 is 4.90 Å². The Labute approximate surface area is 180 Å². The van der Waals surface area contributed by atoms with Crippen molar-refractivity contribution < 1.29 is 4.79 Å². The minimum absolute atomic E-state index is 0.320. The lowest BCUT2D eigenvalue weighted by Crippen LogP contribution is -2.43. The van der Waals surface area contributed by atoms with E-state index in [9.17, 15) is 4.79 Å². The lowest BCUT2D eigenvalue weighted by atomic mass is 10.1. The smallest absolute Gasteiger partial charge is 0.299 e. The second-order valence-corrected chi connectivity index (χ2v) is 14.6. The number of rotatable bonds is 7. The van der Waals surface area contributed by atoms with Crippen molar-refractivity contribution in [3.8, 4) is 41.2 Å². The van der Waals surface area contributed by atoms with Gasteiger partial charge in [0.2, 0.25) is 0 Å². The molecule has 0 atom stereocenters. The second-order valence-electron chi connectivity index (χ2n) is 8.99. The standard InChI is InChI=1S/C25H38N2OSi/c1-21(2)29(22(3)4,23(5)6)19-17-15-13-11-10-12-14-16-18-24(28)27(9)25(7,8)20-26/h21-23H,10-12,14H2,1-9H3. The molecule has 0 unspecified atom stereocenters. The monoisotopic (exact) mass is 410 g/mol. The Bertz CT molecular complexity index is 746. The molecule has 0 N–H and O–H groups in total. The number of unbranched alkanes of at least 4 members (excludes halogenated alkanes) is 3. The van der Waals surface area contributed by atoms with E-state index in [0.29, 0.717) is 23.0 Å². The Morgan fingerprint density at radius 3 is 1.86 bits per heavy atom. The predicted octanol–water partition coefficient (Wildman–Crippen LogP) is 5.54. The predicted molar refractivity (Wildman–Crippen MR) is 125 cm³/mol. The molecule has 0 aromatic carbocycles. The summed E-state index contributed by atoms with van der Waals surface area (Å²) >= 11 is 0. The Hall–Kier alpha value is -2.14. The quantitative estimate of drug-likeness (QED) is 0.314. The van der Waals surface area contributed by atoms with E-state index in [1.54, 1.807) is 20.9 Å². The molecule has 0 heterocycles. The molecule has 0 radical (unpaired) electrons. The third kappa shape index (κ3) is 8.01. The number of amides is 1. The average molecular weight is 411 g/mol. The first-order valence-electron chi connectivity index (χ1n) is 10.6. The van der Waals surface area contributed by atoms with Crippen LogP contribution in [0.3, 0.4) is 0 Å². The number of nitriles is 1. The third-order valence-electron chi connectivity index (χ3n) is 5.76. The van der Waals surface area contributed by atoms with Crippen LogP contribution in [-0.2, 0) is 4.79 Å². The van der Waals surface area contributed by atoms with Crippen LogP contribution in [-0.4, -0.2) is 31.5 Å². The molecule has 1 amide bonds. The molecular weight excluding hydrogens is 372 g/mol. The highest BCUT2D eigenvalue weighted by Crippen LogP contribution is 2.40. The van der Waals surface area contributed by atoms with Gasteiger partial charge in [0.25, 0.3) is 5.91 Å². The molecular formula is C25H38N2OSi. The first-order valence-corrected chi connectivity index (χ1v) is 12.8. The summed E-state index contributed by atoms with van der Waals surface area (Å²) in [5, 5.41) is 9.06. The Morgan fingerprint density at radius 2 is 1.41 bits per heavy atom. The highest BCUT2D eigenvalue weighted by Gasteiger charge is 2.41. The van der Waals surface area contributed by atoms with Crippen LogP contribution in [0.4, 0.5) is 0 Å². The van der Waals surface area contributed by atoms with E-state index in [-0.39, 0.29) is 5.91 Å². The maximum absolute atomic E-state index is 11.9. The molecule has 158 valence electrons. The van der Waals surface area contributed by atoms with Crippen molar-refractivity contribution in [3.05, 3.63) is 0 Å². The molecule has 3 nitrogen and oxygen atoms in total. The molecule has 0 aromatic heterocycles. The topological polar surface area (TPSA) is 44.1 Å². The van der Waals surface area contributed by atoms with Crippen molar-refractivity contribution in [2.75, 3.05) is 7.05 Å². The van der Waals surface area contributed by atoms with Gasteiger partial charge in [0.1, 0.15) is 13.6 Å². The first-order chi connectivity index (χ1) is 13.4. The van der Waals surface area contributed by atoms with Gasteiger partial charge in [-0.15, -0.1) is 5.54 Å². The summed E-state index contributed by atoms with van der Waals surface area (Å²) in [6.45, 7) is 17.2. The van der Waals surface area contributed by atoms with Crippen molar-refractivity contribution >= 4 is 14.0 Å². The normalized spacial score (nSPS) is 11.0. The van der Waals surface area contributed by atoms with Gasteiger partial charge in [-0.1, -0.05) is 53.4 Å². The maximum Gasteiger partial charge on any atom is 0.299 e. The minimum Gasteiger partial charge on any atom is -0.317 e. The van der Waals surface area contributed by atoms with E-state index in [1.165, 1.54) is 4.90 Å². The summed E-state index contributed by atoms with van der Waals surface area (Å²) in [5.41, 5.74) is 4.63. The zero-order valence-electron chi connectivity index (χ0n) is 19.9. The van der Waals surface area contributed by atoms with E-state index in [0.717, 1.165) is 19.3 Å². The van der Waals surface area contributed by atoms with Gasteiger partial charge in [-0.3, -0.25) is 4.79 Å². The number of nitrogens with zero attached hydrogens (tertiary/aromatic N) is 2. The van der Waals surface area contributed by atoms with Crippen molar-refractivity contribution in [2.45, 2.75) is 103 Å². The fourth-order valence-corrected chi connectivity index (χ4v) is 8.80. The lowest BCUT2D eigenvalue weighted by molar-refractivity contribution is -0.126. The van der Waals surface area contributed by atoms with Gasteiger partial charge in [-0.2, -0.15) is 5.26 Å². The SMILES string of the molecule is CC(C)[Si](C#CC#CCCCCC#CC(=O)N(C)C(C)(C)C#N)(C(C)C)C(C)C. The lowest BCUT2D eigenvalue weighted by Gasteiger charge is -2.37. The molecule has 0 bridgehead atoms. The van der Waals surface area contributed by atoms with Gasteiger partial charge >= 0.3 is 0 Å². The van der Waals surface area contributed by atoms with Crippen molar-refractivity contribution in [3.63, 3.8) is 0 Å². The molecule has 0 aliphatic carbocycles. The molecule has 0 spiro atoms. The minimum atomic E-state index is -1.69. The van der Waals surface area contributed by atoms with Crippen LogP contribution in [0, 0.1) is 46.5 Å². The zero-order chi connectivity index (χ0) is 22.7. The maximum atomic E-state index is 11.9. The van der Waals surface area contributed by atoms with E-state index in [4.69, 9.17) is 5.26 Å². The highest BCUT2D eigenvalue weighted by molar-refractivity contribution is 6.90. The molecule has 0 aliphatic heterocycles.